The zero-order chi connectivity index (χ0) is 31.7. The number of hydrogen-bond acceptors (Lipinski definition) is 3. The molecule has 46 heavy (non-hydrogen) atoms. The minimum atomic E-state index is 0.557. The van der Waals surface area contributed by atoms with E-state index in [1.165, 1.54) is 87.3 Å². The van der Waals surface area contributed by atoms with Crippen molar-refractivity contribution < 1.29 is 0 Å². The molecule has 1 aliphatic heterocycles. The second kappa shape index (κ2) is 19.0. The second-order valence-electron chi connectivity index (χ2n) is 13.2. The lowest BCUT2D eigenvalue weighted by Gasteiger charge is -2.20. The summed E-state index contributed by atoms with van der Waals surface area (Å²) in [7, 11) is 2.01. The van der Waals surface area contributed by atoms with Gasteiger partial charge < -0.3 is 4.90 Å². The molecule has 3 aliphatic rings. The van der Waals surface area contributed by atoms with Crippen molar-refractivity contribution in [2.45, 2.75) is 95.8 Å². The Morgan fingerprint density at radius 1 is 0.826 bits per heavy atom. The summed E-state index contributed by atoms with van der Waals surface area (Å²) in [6.45, 7) is 1.14. The maximum Gasteiger partial charge on any atom is 0.0590 e. The van der Waals surface area contributed by atoms with Crippen LogP contribution in [0.15, 0.2) is 126 Å². The number of hydrazone groups is 1. The van der Waals surface area contributed by atoms with Gasteiger partial charge in [0.1, 0.15) is 0 Å². The van der Waals surface area contributed by atoms with Gasteiger partial charge in [0.15, 0.2) is 0 Å². The maximum atomic E-state index is 4.73. The van der Waals surface area contributed by atoms with E-state index in [0.717, 1.165) is 37.4 Å². The first-order valence-electron chi connectivity index (χ1n) is 18.0. The average molecular weight is 614 g/mol. The highest BCUT2D eigenvalue weighted by Gasteiger charge is 2.15. The molecule has 2 aromatic rings. The highest BCUT2D eigenvalue weighted by molar-refractivity contribution is 5.85. The van der Waals surface area contributed by atoms with Crippen molar-refractivity contribution in [3.05, 3.63) is 132 Å². The first-order chi connectivity index (χ1) is 22.7. The van der Waals surface area contributed by atoms with Gasteiger partial charge in [-0.15, -0.1) is 0 Å². The maximum absolute atomic E-state index is 4.73. The molecule has 0 amide bonds. The first-order valence-corrected chi connectivity index (χ1v) is 18.0. The van der Waals surface area contributed by atoms with Gasteiger partial charge in [-0.25, -0.2) is 0 Å². The summed E-state index contributed by atoms with van der Waals surface area (Å²) in [4.78, 5) is 2.33. The van der Waals surface area contributed by atoms with Gasteiger partial charge in [-0.2, -0.15) is 5.10 Å². The number of nitrogens with zero attached hydrogens (tertiary/aromatic N) is 3. The fourth-order valence-electron chi connectivity index (χ4n) is 6.95. The lowest BCUT2D eigenvalue weighted by Crippen LogP contribution is -2.12. The van der Waals surface area contributed by atoms with E-state index < -0.39 is 0 Å². The Labute approximate surface area is 279 Å². The fraction of sp³-hybridized carbons (Fsp3) is 0.419. The van der Waals surface area contributed by atoms with Crippen molar-refractivity contribution in [1.29, 1.82) is 0 Å². The highest BCUT2D eigenvalue weighted by Crippen LogP contribution is 2.33. The second-order valence-corrected chi connectivity index (χ2v) is 13.2. The summed E-state index contributed by atoms with van der Waals surface area (Å²) in [5.74, 6) is 1.31. The molecule has 3 heteroatoms. The van der Waals surface area contributed by atoms with E-state index in [-0.39, 0.29) is 0 Å². The highest BCUT2D eigenvalue weighted by atomic mass is 15.4. The molecular weight excluding hydrogens is 558 g/mol. The molecule has 2 aliphatic carbocycles. The van der Waals surface area contributed by atoms with E-state index in [1.54, 1.807) is 5.57 Å². The zero-order valence-corrected chi connectivity index (χ0v) is 28.1. The van der Waals surface area contributed by atoms with Crippen LogP contribution >= 0.6 is 0 Å². The molecule has 2 aromatic carbocycles. The Balaban J connectivity index is 1.06. The van der Waals surface area contributed by atoms with Gasteiger partial charge in [-0.1, -0.05) is 122 Å². The zero-order valence-electron chi connectivity index (χ0n) is 28.1. The normalized spacial score (nSPS) is 23.3. The van der Waals surface area contributed by atoms with Crippen molar-refractivity contribution in [1.82, 2.24) is 4.90 Å². The average Bonchev–Trinajstić information content (AvgIpc) is 3.08. The van der Waals surface area contributed by atoms with Gasteiger partial charge in [0.2, 0.25) is 0 Å². The van der Waals surface area contributed by atoms with Crippen molar-refractivity contribution in [2.24, 2.45) is 11.0 Å². The number of benzene rings is 2. The van der Waals surface area contributed by atoms with Crippen LogP contribution in [0.2, 0.25) is 0 Å². The largest absolute Gasteiger partial charge is 0.355 e. The van der Waals surface area contributed by atoms with Gasteiger partial charge in [-0.05, 0) is 117 Å². The number of anilines is 1. The molecular formula is C43H55N3. The smallest absolute Gasteiger partial charge is 0.0590 e. The molecule has 0 aromatic heterocycles. The Hall–Kier alpha value is -3.85. The molecule has 242 valence electrons. The summed E-state index contributed by atoms with van der Waals surface area (Å²) >= 11 is 0. The van der Waals surface area contributed by atoms with Crippen molar-refractivity contribution in [3.8, 4) is 0 Å². The summed E-state index contributed by atoms with van der Waals surface area (Å²) in [5.41, 5.74) is 6.79. The molecule has 0 fully saturated rings. The van der Waals surface area contributed by atoms with Gasteiger partial charge >= 0.3 is 0 Å². The molecule has 5 rings (SSSR count). The number of unbranched alkanes of at least 4 members (excludes halogenated alkanes) is 4. The molecule has 0 bridgehead atoms. The Morgan fingerprint density at radius 2 is 1.63 bits per heavy atom. The summed E-state index contributed by atoms with van der Waals surface area (Å²) < 4.78 is 0. The number of allylic oxidation sites excluding steroid dienone is 9. The summed E-state index contributed by atoms with van der Waals surface area (Å²) in [5, 5.41) is 6.67. The minimum Gasteiger partial charge on any atom is -0.355 e. The lowest BCUT2D eigenvalue weighted by atomic mass is 9.85. The molecule has 0 saturated carbocycles. The van der Waals surface area contributed by atoms with Crippen LogP contribution in [-0.4, -0.2) is 24.7 Å². The van der Waals surface area contributed by atoms with E-state index in [2.05, 4.69) is 114 Å². The Bertz CT molecular complexity index is 1390. The molecule has 2 unspecified atom stereocenters. The topological polar surface area (TPSA) is 18.8 Å². The SMILES string of the molecule is CN(/N=C/C1=C\CC(CCCCCCC2/C=C(/CCCCN3C=CCC=C3)C/C=C\CC2)c2ccccc2/C=C\1)c1ccccc1. The number of para-hydroxylation sites is 1. The van der Waals surface area contributed by atoms with E-state index >= 15 is 0 Å². The lowest BCUT2D eigenvalue weighted by molar-refractivity contribution is 0.467. The van der Waals surface area contributed by atoms with Gasteiger partial charge in [0.25, 0.3) is 0 Å². The molecule has 0 saturated heterocycles. The molecule has 0 radical (unpaired) electrons. The van der Waals surface area contributed by atoms with Crippen molar-refractivity contribution in [3.63, 3.8) is 0 Å². The van der Waals surface area contributed by atoms with Crippen LogP contribution in [0.5, 0.6) is 0 Å². The van der Waals surface area contributed by atoms with E-state index in [1.807, 2.05) is 24.3 Å². The third kappa shape index (κ3) is 11.2. The standard InChI is InChI=1S/C43H55N3/c1-45(42-25-11-5-12-26-42)44-36-39-28-30-40(43-27-14-13-24-41(43)31-29-39)23-10-3-2-7-19-37-20-8-4-9-21-38(35-37)22-15-18-34-46-32-16-6-17-33-46/h4-5,9,11-14,16-17,24-29,31-33,35-37,40H,2-3,6-8,10,15,18-23,30,34H2,1H3/b9-4-,31-29-,38-35+,39-28-,44-36+. The number of rotatable bonds is 15. The van der Waals surface area contributed by atoms with Crippen molar-refractivity contribution in [2.75, 3.05) is 18.6 Å². The monoisotopic (exact) mass is 613 g/mol. The van der Waals surface area contributed by atoms with Crippen LogP contribution in [0.1, 0.15) is 107 Å². The third-order valence-corrected chi connectivity index (χ3v) is 9.67. The van der Waals surface area contributed by atoms with Gasteiger partial charge in [-0.3, -0.25) is 5.01 Å². The van der Waals surface area contributed by atoms with Crippen LogP contribution in [0.4, 0.5) is 5.69 Å². The van der Waals surface area contributed by atoms with Crippen LogP contribution in [-0.2, 0) is 0 Å². The van der Waals surface area contributed by atoms with Crippen LogP contribution in [0.25, 0.3) is 6.08 Å². The summed E-state index contributed by atoms with van der Waals surface area (Å²) in [6.07, 6.45) is 42.9. The quantitative estimate of drug-likeness (QED) is 0.0861. The summed E-state index contributed by atoms with van der Waals surface area (Å²) in [6, 6.07) is 19.3. The fourth-order valence-corrected chi connectivity index (χ4v) is 6.95. The molecule has 1 heterocycles. The molecule has 2 atom stereocenters. The van der Waals surface area contributed by atoms with E-state index in [9.17, 15) is 0 Å². The molecule has 0 spiro atoms. The minimum absolute atomic E-state index is 0.557. The van der Waals surface area contributed by atoms with Crippen LogP contribution < -0.4 is 5.01 Å². The predicted molar refractivity (Wildman–Crippen MR) is 200 cm³/mol. The van der Waals surface area contributed by atoms with Crippen LogP contribution in [0, 0.1) is 5.92 Å². The van der Waals surface area contributed by atoms with Gasteiger partial charge in [0.05, 0.1) is 11.9 Å². The molecule has 0 N–H and O–H groups in total. The Kier molecular flexibility index (Phi) is 13.8. The number of fused-ring (bicyclic) bond motifs is 1. The van der Waals surface area contributed by atoms with E-state index in [0.29, 0.717) is 5.92 Å². The predicted octanol–water partition coefficient (Wildman–Crippen LogP) is 11.8. The van der Waals surface area contributed by atoms with E-state index in [4.69, 9.17) is 5.10 Å². The van der Waals surface area contributed by atoms with Gasteiger partial charge in [0, 0.05) is 13.6 Å². The van der Waals surface area contributed by atoms with Crippen molar-refractivity contribution >= 4 is 18.0 Å². The van der Waals surface area contributed by atoms with Crippen LogP contribution in [0.3, 0.4) is 0 Å². The number of hydrogen-bond donors (Lipinski definition) is 0. The first kappa shape index (κ1) is 33.5. The molecule has 3 nitrogen and oxygen atoms in total. The third-order valence-electron chi connectivity index (χ3n) is 9.67. The Morgan fingerprint density at radius 3 is 2.50 bits per heavy atom.